The van der Waals surface area contributed by atoms with E-state index in [4.69, 9.17) is 8.83 Å². The number of carbonyl (C=O) groups is 1. The minimum atomic E-state index is -0.149. The Bertz CT molecular complexity index is 959. The van der Waals surface area contributed by atoms with Crippen LogP contribution in [0.5, 0.6) is 0 Å². The summed E-state index contributed by atoms with van der Waals surface area (Å²) in [6, 6.07) is 14.3. The van der Waals surface area contributed by atoms with E-state index in [2.05, 4.69) is 15.5 Å². The van der Waals surface area contributed by atoms with Gasteiger partial charge in [0.1, 0.15) is 0 Å². The molecule has 24 heavy (non-hydrogen) atoms. The van der Waals surface area contributed by atoms with Crippen LogP contribution in [0.25, 0.3) is 23.1 Å². The smallest absolute Gasteiger partial charge is 0.283 e. The summed E-state index contributed by atoms with van der Waals surface area (Å²) in [5, 5.41) is 12.7. The van der Waals surface area contributed by atoms with Gasteiger partial charge in [0, 0.05) is 11.3 Å². The predicted octanol–water partition coefficient (Wildman–Crippen LogP) is 4.31. The molecular formula is C17H11N3O3S. The Kier molecular flexibility index (Phi) is 3.68. The van der Waals surface area contributed by atoms with Gasteiger partial charge in [-0.25, -0.2) is 0 Å². The molecule has 0 unspecified atom stereocenters. The number of anilines is 1. The van der Waals surface area contributed by atoms with Crippen LogP contribution in [-0.4, -0.2) is 16.1 Å². The van der Waals surface area contributed by atoms with E-state index < -0.39 is 0 Å². The van der Waals surface area contributed by atoms with Crippen molar-refractivity contribution in [2.75, 3.05) is 5.32 Å². The predicted molar refractivity (Wildman–Crippen MR) is 89.7 cm³/mol. The molecule has 0 aliphatic rings. The molecule has 7 heteroatoms. The molecule has 6 nitrogen and oxygen atoms in total. The maximum Gasteiger partial charge on any atom is 0.283 e. The van der Waals surface area contributed by atoms with Gasteiger partial charge in [-0.2, -0.15) is 0 Å². The van der Waals surface area contributed by atoms with Crippen LogP contribution in [0.3, 0.4) is 0 Å². The van der Waals surface area contributed by atoms with Crippen molar-refractivity contribution in [2.24, 2.45) is 0 Å². The monoisotopic (exact) mass is 337 g/mol. The van der Waals surface area contributed by atoms with Crippen LogP contribution in [0.4, 0.5) is 5.69 Å². The third-order valence-electron chi connectivity index (χ3n) is 3.27. The van der Waals surface area contributed by atoms with Crippen molar-refractivity contribution in [1.82, 2.24) is 10.2 Å². The fourth-order valence-corrected chi connectivity index (χ4v) is 2.79. The fraction of sp³-hybridized carbons (Fsp3) is 0. The second-order valence-corrected chi connectivity index (χ2v) is 5.85. The highest BCUT2D eigenvalue weighted by atomic mass is 32.1. The maximum atomic E-state index is 12.1. The molecular weight excluding hydrogens is 326 g/mol. The molecule has 118 valence electrons. The van der Waals surface area contributed by atoms with Gasteiger partial charge in [-0.05, 0) is 41.8 Å². The molecule has 0 atom stereocenters. The Morgan fingerprint density at radius 1 is 1.04 bits per heavy atom. The van der Waals surface area contributed by atoms with E-state index in [1.807, 2.05) is 23.6 Å². The van der Waals surface area contributed by atoms with Gasteiger partial charge in [-0.15, -0.1) is 21.5 Å². The summed E-state index contributed by atoms with van der Waals surface area (Å²) in [6.45, 7) is 0. The fourth-order valence-electron chi connectivity index (χ4n) is 2.17. The lowest BCUT2D eigenvalue weighted by molar-refractivity contribution is 0.103. The van der Waals surface area contributed by atoms with E-state index in [1.54, 1.807) is 36.6 Å². The molecule has 1 aromatic carbocycles. The van der Waals surface area contributed by atoms with Gasteiger partial charge >= 0.3 is 0 Å². The lowest BCUT2D eigenvalue weighted by Crippen LogP contribution is -2.09. The first-order valence-electron chi connectivity index (χ1n) is 7.12. The Labute approximate surface area is 140 Å². The van der Waals surface area contributed by atoms with Gasteiger partial charge in [0.05, 0.1) is 11.1 Å². The number of thiophene rings is 1. The van der Waals surface area contributed by atoms with Crippen LogP contribution in [-0.2, 0) is 0 Å². The Morgan fingerprint density at radius 3 is 2.75 bits per heavy atom. The van der Waals surface area contributed by atoms with Crippen molar-refractivity contribution in [1.29, 1.82) is 0 Å². The maximum absolute atomic E-state index is 12.1. The average Bonchev–Trinajstić information content (AvgIpc) is 3.36. The third kappa shape index (κ3) is 2.84. The number of carbonyl (C=O) groups excluding carboxylic acids is 1. The number of amides is 1. The van der Waals surface area contributed by atoms with Crippen molar-refractivity contribution in [3.63, 3.8) is 0 Å². The molecule has 0 aliphatic carbocycles. The Morgan fingerprint density at radius 2 is 1.96 bits per heavy atom. The molecule has 3 heterocycles. The molecule has 0 fully saturated rings. The van der Waals surface area contributed by atoms with Crippen LogP contribution in [0.2, 0.25) is 0 Å². The Balaban J connectivity index is 1.58. The van der Waals surface area contributed by atoms with E-state index in [9.17, 15) is 4.79 Å². The van der Waals surface area contributed by atoms with Gasteiger partial charge in [-0.3, -0.25) is 4.79 Å². The second kappa shape index (κ2) is 6.13. The molecule has 1 N–H and O–H groups in total. The largest absolute Gasteiger partial charge is 0.459 e. The zero-order valence-corrected chi connectivity index (χ0v) is 13.1. The summed E-state index contributed by atoms with van der Waals surface area (Å²) in [7, 11) is 0. The summed E-state index contributed by atoms with van der Waals surface area (Å²) in [5.41, 5.74) is 1.37. The molecule has 4 aromatic rings. The molecule has 0 saturated heterocycles. The number of hydrogen-bond donors (Lipinski definition) is 1. The first-order valence-corrected chi connectivity index (χ1v) is 8.00. The second-order valence-electron chi connectivity index (χ2n) is 4.90. The molecule has 4 rings (SSSR count). The molecule has 0 saturated carbocycles. The molecule has 0 spiro atoms. The van der Waals surface area contributed by atoms with Crippen LogP contribution in [0.1, 0.15) is 9.67 Å². The van der Waals surface area contributed by atoms with Gasteiger partial charge < -0.3 is 14.2 Å². The quantitative estimate of drug-likeness (QED) is 0.600. The number of hydrogen-bond acceptors (Lipinski definition) is 6. The number of rotatable bonds is 4. The summed E-state index contributed by atoms with van der Waals surface area (Å²) in [5.74, 6) is 1.02. The summed E-state index contributed by atoms with van der Waals surface area (Å²) < 4.78 is 10.9. The lowest BCUT2D eigenvalue weighted by atomic mass is 10.2. The van der Waals surface area contributed by atoms with Crippen molar-refractivity contribution >= 4 is 22.9 Å². The summed E-state index contributed by atoms with van der Waals surface area (Å²) in [6.07, 6.45) is 1.54. The first kappa shape index (κ1) is 14.4. The highest BCUT2D eigenvalue weighted by Gasteiger charge is 2.13. The number of nitrogens with zero attached hydrogens (tertiary/aromatic N) is 2. The van der Waals surface area contributed by atoms with Crippen LogP contribution in [0, 0.1) is 0 Å². The van der Waals surface area contributed by atoms with Crippen LogP contribution >= 0.6 is 11.3 Å². The first-order chi connectivity index (χ1) is 11.8. The van der Waals surface area contributed by atoms with Crippen molar-refractivity contribution in [2.45, 2.75) is 0 Å². The molecule has 0 aliphatic heterocycles. The topological polar surface area (TPSA) is 81.2 Å². The SMILES string of the molecule is O=C(Nc1cccc(-c2nnc(-c3ccco3)o2)c1)c1cccs1. The zero-order chi connectivity index (χ0) is 16.4. The van der Waals surface area contributed by atoms with Gasteiger partial charge in [0.15, 0.2) is 5.76 Å². The third-order valence-corrected chi connectivity index (χ3v) is 4.14. The van der Waals surface area contributed by atoms with E-state index in [0.717, 1.165) is 0 Å². The van der Waals surface area contributed by atoms with E-state index in [-0.39, 0.29) is 5.91 Å². The Hall–Kier alpha value is -3.19. The van der Waals surface area contributed by atoms with E-state index in [1.165, 1.54) is 11.3 Å². The van der Waals surface area contributed by atoms with Gasteiger partial charge in [-0.1, -0.05) is 12.1 Å². The minimum Gasteiger partial charge on any atom is -0.459 e. The molecule has 0 bridgehead atoms. The highest BCUT2D eigenvalue weighted by Crippen LogP contribution is 2.26. The number of nitrogens with one attached hydrogen (secondary N) is 1. The lowest BCUT2D eigenvalue weighted by Gasteiger charge is -2.04. The zero-order valence-electron chi connectivity index (χ0n) is 12.3. The highest BCUT2D eigenvalue weighted by molar-refractivity contribution is 7.12. The normalized spacial score (nSPS) is 10.7. The van der Waals surface area contributed by atoms with Crippen molar-refractivity contribution < 1.29 is 13.6 Å². The minimum absolute atomic E-state index is 0.149. The summed E-state index contributed by atoms with van der Waals surface area (Å²) in [4.78, 5) is 12.8. The van der Waals surface area contributed by atoms with E-state index in [0.29, 0.717) is 33.7 Å². The average molecular weight is 337 g/mol. The molecule has 1 amide bonds. The molecule has 3 aromatic heterocycles. The van der Waals surface area contributed by atoms with E-state index >= 15 is 0 Å². The number of benzene rings is 1. The van der Waals surface area contributed by atoms with Gasteiger partial charge in [0.25, 0.3) is 11.8 Å². The van der Waals surface area contributed by atoms with Crippen LogP contribution in [0.15, 0.2) is 69.0 Å². The number of furan rings is 1. The molecule has 0 radical (unpaired) electrons. The van der Waals surface area contributed by atoms with Crippen LogP contribution < -0.4 is 5.32 Å². The number of aromatic nitrogens is 2. The van der Waals surface area contributed by atoms with Crippen molar-refractivity contribution in [3.8, 4) is 23.1 Å². The standard InChI is InChI=1S/C17H11N3O3S/c21-15(14-7-3-9-24-14)18-12-5-1-4-11(10-12)16-19-20-17(23-16)13-6-2-8-22-13/h1-10H,(H,18,21). The van der Waals surface area contributed by atoms with Crippen molar-refractivity contribution in [3.05, 3.63) is 65.1 Å². The summed E-state index contributed by atoms with van der Waals surface area (Å²) >= 11 is 1.39. The van der Waals surface area contributed by atoms with Gasteiger partial charge in [0.2, 0.25) is 5.89 Å².